The fraction of sp³-hybridized carbons (Fsp3) is 0.250. The molecule has 0 aliphatic carbocycles. The van der Waals surface area contributed by atoms with Crippen molar-refractivity contribution in [3.8, 4) is 0 Å². The van der Waals surface area contributed by atoms with Crippen molar-refractivity contribution < 1.29 is 4.39 Å². The summed E-state index contributed by atoms with van der Waals surface area (Å²) in [5.41, 5.74) is 1.68. The predicted molar refractivity (Wildman–Crippen MR) is 90.8 cm³/mol. The molecular weight excluding hydrogens is 333 g/mol. The SMILES string of the molecule is C[Si](C)(C)c1ccc(CNc2cc(Br)ccc2F)cc1. The van der Waals surface area contributed by atoms with Crippen LogP contribution in [0.25, 0.3) is 0 Å². The largest absolute Gasteiger partial charge is 0.379 e. The Morgan fingerprint density at radius 3 is 2.30 bits per heavy atom. The third-order valence-corrected chi connectivity index (χ3v) is 5.79. The van der Waals surface area contributed by atoms with E-state index in [-0.39, 0.29) is 5.82 Å². The molecule has 0 radical (unpaired) electrons. The average Bonchev–Trinajstić information content (AvgIpc) is 2.39. The highest BCUT2D eigenvalue weighted by Crippen LogP contribution is 2.20. The van der Waals surface area contributed by atoms with Gasteiger partial charge in [0.05, 0.1) is 13.8 Å². The summed E-state index contributed by atoms with van der Waals surface area (Å²) < 4.78 is 14.5. The van der Waals surface area contributed by atoms with Crippen LogP contribution in [0.4, 0.5) is 10.1 Å². The average molecular weight is 352 g/mol. The van der Waals surface area contributed by atoms with E-state index in [0.29, 0.717) is 12.2 Å². The molecule has 0 saturated carbocycles. The van der Waals surface area contributed by atoms with Crippen molar-refractivity contribution in [1.82, 2.24) is 0 Å². The van der Waals surface area contributed by atoms with Gasteiger partial charge in [-0.2, -0.15) is 0 Å². The van der Waals surface area contributed by atoms with E-state index in [9.17, 15) is 4.39 Å². The molecule has 0 aliphatic rings. The molecular formula is C16H19BrFNSi. The first-order valence-corrected chi connectivity index (χ1v) is 10.9. The monoisotopic (exact) mass is 351 g/mol. The molecule has 2 aromatic carbocycles. The standard InChI is InChI=1S/C16H19BrFNSi/c1-20(2,3)14-7-4-12(5-8-14)11-19-16-10-13(17)6-9-15(16)18/h4-10,19H,11H2,1-3H3. The van der Waals surface area contributed by atoms with Gasteiger partial charge >= 0.3 is 0 Å². The van der Waals surface area contributed by atoms with Crippen molar-refractivity contribution in [2.24, 2.45) is 0 Å². The Labute approximate surface area is 129 Å². The molecule has 0 aliphatic heterocycles. The Hall–Kier alpha value is -1.13. The third kappa shape index (κ3) is 3.93. The van der Waals surface area contributed by atoms with Crippen LogP contribution in [0, 0.1) is 5.82 Å². The highest BCUT2D eigenvalue weighted by molar-refractivity contribution is 9.10. The summed E-state index contributed by atoms with van der Waals surface area (Å²) in [5.74, 6) is -0.230. The smallest absolute Gasteiger partial charge is 0.146 e. The van der Waals surface area contributed by atoms with Gasteiger partial charge in [-0.3, -0.25) is 0 Å². The molecule has 4 heteroatoms. The number of halogens is 2. The fourth-order valence-electron chi connectivity index (χ4n) is 1.95. The number of anilines is 1. The van der Waals surface area contributed by atoms with E-state index in [1.54, 1.807) is 12.1 Å². The molecule has 106 valence electrons. The molecule has 0 spiro atoms. The summed E-state index contributed by atoms with van der Waals surface area (Å²) >= 11 is 3.35. The van der Waals surface area contributed by atoms with Gasteiger partial charge in [-0.1, -0.05) is 65.0 Å². The molecule has 0 saturated heterocycles. The highest BCUT2D eigenvalue weighted by atomic mass is 79.9. The van der Waals surface area contributed by atoms with Crippen LogP contribution in [-0.2, 0) is 6.54 Å². The van der Waals surface area contributed by atoms with E-state index in [0.717, 1.165) is 10.0 Å². The lowest BCUT2D eigenvalue weighted by Gasteiger charge is -2.17. The molecule has 0 aromatic heterocycles. The summed E-state index contributed by atoms with van der Waals surface area (Å²) in [6.45, 7) is 7.62. The van der Waals surface area contributed by atoms with Crippen molar-refractivity contribution >= 4 is 34.9 Å². The van der Waals surface area contributed by atoms with Crippen molar-refractivity contribution in [3.05, 3.63) is 58.3 Å². The zero-order valence-electron chi connectivity index (χ0n) is 12.0. The quantitative estimate of drug-likeness (QED) is 0.784. The van der Waals surface area contributed by atoms with Gasteiger partial charge in [-0.05, 0) is 23.8 Å². The van der Waals surface area contributed by atoms with E-state index in [1.807, 2.05) is 0 Å². The van der Waals surface area contributed by atoms with Gasteiger partial charge in [-0.15, -0.1) is 0 Å². The summed E-state index contributed by atoms with van der Waals surface area (Å²) in [5, 5.41) is 4.57. The minimum Gasteiger partial charge on any atom is -0.379 e. The van der Waals surface area contributed by atoms with E-state index < -0.39 is 8.07 Å². The van der Waals surface area contributed by atoms with Crippen molar-refractivity contribution in [3.63, 3.8) is 0 Å². The minimum absolute atomic E-state index is 0.230. The molecule has 20 heavy (non-hydrogen) atoms. The lowest BCUT2D eigenvalue weighted by molar-refractivity contribution is 0.630. The first kappa shape index (κ1) is 15.3. The molecule has 0 heterocycles. The first-order valence-electron chi connectivity index (χ1n) is 6.64. The number of hydrogen-bond acceptors (Lipinski definition) is 1. The van der Waals surface area contributed by atoms with Crippen LogP contribution in [0.3, 0.4) is 0 Å². The van der Waals surface area contributed by atoms with Crippen LogP contribution in [0.1, 0.15) is 5.56 Å². The van der Waals surface area contributed by atoms with E-state index in [4.69, 9.17) is 0 Å². The fourth-order valence-corrected chi connectivity index (χ4v) is 3.48. The lowest BCUT2D eigenvalue weighted by atomic mass is 10.2. The minimum atomic E-state index is -1.25. The number of rotatable bonds is 4. The van der Waals surface area contributed by atoms with Gasteiger partial charge in [-0.25, -0.2) is 4.39 Å². The zero-order valence-corrected chi connectivity index (χ0v) is 14.6. The van der Waals surface area contributed by atoms with Crippen LogP contribution < -0.4 is 10.5 Å². The van der Waals surface area contributed by atoms with Crippen LogP contribution in [0.5, 0.6) is 0 Å². The molecule has 1 nitrogen and oxygen atoms in total. The second kappa shape index (κ2) is 6.10. The summed E-state index contributed by atoms with van der Waals surface area (Å²) in [6.07, 6.45) is 0. The summed E-state index contributed by atoms with van der Waals surface area (Å²) in [7, 11) is -1.25. The number of nitrogens with one attached hydrogen (secondary N) is 1. The normalized spacial score (nSPS) is 11.4. The van der Waals surface area contributed by atoms with E-state index in [1.165, 1.54) is 11.3 Å². The van der Waals surface area contributed by atoms with Crippen LogP contribution in [0.15, 0.2) is 46.9 Å². The molecule has 0 unspecified atom stereocenters. The van der Waals surface area contributed by atoms with Crippen LogP contribution in [-0.4, -0.2) is 8.07 Å². The van der Waals surface area contributed by atoms with Gasteiger partial charge in [0.15, 0.2) is 0 Å². The number of benzene rings is 2. The van der Waals surface area contributed by atoms with Gasteiger partial charge in [0.2, 0.25) is 0 Å². The Balaban J connectivity index is 2.06. The summed E-state index contributed by atoms with van der Waals surface area (Å²) in [4.78, 5) is 0. The Bertz CT molecular complexity index is 590. The predicted octanol–water partition coefficient (Wildman–Crippen LogP) is 4.75. The van der Waals surface area contributed by atoms with Gasteiger partial charge in [0.25, 0.3) is 0 Å². The molecule has 0 amide bonds. The molecule has 0 atom stereocenters. The van der Waals surface area contributed by atoms with Gasteiger partial charge < -0.3 is 5.32 Å². The maximum absolute atomic E-state index is 13.6. The van der Waals surface area contributed by atoms with E-state index in [2.05, 4.69) is 65.2 Å². The Morgan fingerprint density at radius 1 is 1.05 bits per heavy atom. The lowest BCUT2D eigenvalue weighted by Crippen LogP contribution is -2.37. The van der Waals surface area contributed by atoms with Crippen molar-refractivity contribution in [2.75, 3.05) is 5.32 Å². The van der Waals surface area contributed by atoms with Gasteiger partial charge in [0, 0.05) is 11.0 Å². The first-order chi connectivity index (χ1) is 9.36. The van der Waals surface area contributed by atoms with Crippen LogP contribution in [0.2, 0.25) is 19.6 Å². The number of hydrogen-bond donors (Lipinski definition) is 1. The zero-order chi connectivity index (χ0) is 14.8. The summed E-state index contributed by atoms with van der Waals surface area (Å²) in [6, 6.07) is 13.5. The third-order valence-electron chi connectivity index (χ3n) is 3.23. The Morgan fingerprint density at radius 2 is 1.70 bits per heavy atom. The topological polar surface area (TPSA) is 12.0 Å². The highest BCUT2D eigenvalue weighted by Gasteiger charge is 2.15. The second-order valence-corrected chi connectivity index (χ2v) is 11.9. The molecule has 2 rings (SSSR count). The molecule has 2 aromatic rings. The Kier molecular flexibility index (Phi) is 4.65. The second-order valence-electron chi connectivity index (χ2n) is 5.92. The van der Waals surface area contributed by atoms with Crippen LogP contribution >= 0.6 is 15.9 Å². The maximum atomic E-state index is 13.6. The van der Waals surface area contributed by atoms with Gasteiger partial charge in [0.1, 0.15) is 5.82 Å². The van der Waals surface area contributed by atoms with Crippen molar-refractivity contribution in [1.29, 1.82) is 0 Å². The molecule has 1 N–H and O–H groups in total. The molecule has 0 bridgehead atoms. The van der Waals surface area contributed by atoms with E-state index >= 15 is 0 Å². The van der Waals surface area contributed by atoms with Crippen molar-refractivity contribution in [2.45, 2.75) is 26.2 Å². The molecule has 0 fully saturated rings. The maximum Gasteiger partial charge on any atom is 0.146 e.